The normalized spacial score (nSPS) is 16.2. The van der Waals surface area contributed by atoms with Crippen LogP contribution in [0.25, 0.3) is 0 Å². The quantitative estimate of drug-likeness (QED) is 0.199. The van der Waals surface area contributed by atoms with Gasteiger partial charge < -0.3 is 14.7 Å². The van der Waals surface area contributed by atoms with Crippen LogP contribution in [0.5, 0.6) is 5.75 Å². The van der Waals surface area contributed by atoms with Crippen molar-refractivity contribution in [3.63, 3.8) is 0 Å². The van der Waals surface area contributed by atoms with Crippen LogP contribution in [0.2, 0.25) is 0 Å². The third-order valence-corrected chi connectivity index (χ3v) is 8.50. The fraction of sp³-hybridized carbons (Fsp3) is 0.351. The summed E-state index contributed by atoms with van der Waals surface area (Å²) in [5, 5.41) is 12.9. The molecular weight excluding hydrogens is 504 g/mol. The predicted octanol–water partition coefficient (Wildman–Crippen LogP) is 7.32. The Bertz CT molecular complexity index is 1370. The van der Waals surface area contributed by atoms with E-state index in [0.717, 1.165) is 68.0 Å². The molecule has 0 aliphatic carbocycles. The van der Waals surface area contributed by atoms with E-state index >= 15 is 0 Å². The summed E-state index contributed by atoms with van der Waals surface area (Å²) in [4.78, 5) is 5.03. The summed E-state index contributed by atoms with van der Waals surface area (Å²) in [6.07, 6.45) is 2.13. The molecule has 1 heterocycles. The second-order valence-corrected chi connectivity index (χ2v) is 11.4. The smallest absolute Gasteiger partial charge is 0.123 e. The molecule has 4 aromatic rings. The molecule has 0 spiro atoms. The van der Waals surface area contributed by atoms with Crippen molar-refractivity contribution in [2.24, 2.45) is 0 Å². The van der Waals surface area contributed by atoms with Gasteiger partial charge in [-0.1, -0.05) is 98.3 Å². The first-order chi connectivity index (χ1) is 20.0. The van der Waals surface area contributed by atoms with Gasteiger partial charge in [0.1, 0.15) is 11.4 Å². The monoisotopic (exact) mass is 548 g/mol. The minimum Gasteiger partial charge on any atom is -0.494 e. The maximum atomic E-state index is 12.9. The van der Waals surface area contributed by atoms with Gasteiger partial charge in [-0.25, -0.2) is 0 Å². The van der Waals surface area contributed by atoms with Crippen LogP contribution in [0.1, 0.15) is 53.5 Å². The van der Waals surface area contributed by atoms with Gasteiger partial charge in [0.2, 0.25) is 0 Å². The van der Waals surface area contributed by atoms with Crippen LogP contribution in [0, 0.1) is 13.8 Å². The van der Waals surface area contributed by atoms with Crippen molar-refractivity contribution < 1.29 is 9.84 Å². The number of aryl methyl sites for hydroxylation is 2. The molecule has 1 aliphatic heterocycles. The van der Waals surface area contributed by atoms with Gasteiger partial charge in [-0.05, 0) is 66.3 Å². The molecule has 5 rings (SSSR count). The van der Waals surface area contributed by atoms with Crippen molar-refractivity contribution in [2.75, 3.05) is 44.2 Å². The van der Waals surface area contributed by atoms with E-state index in [1.165, 1.54) is 16.8 Å². The van der Waals surface area contributed by atoms with Crippen LogP contribution >= 0.6 is 0 Å². The van der Waals surface area contributed by atoms with E-state index in [-0.39, 0.29) is 5.92 Å². The number of rotatable bonds is 11. The van der Waals surface area contributed by atoms with E-state index in [1.54, 1.807) is 0 Å². The zero-order valence-electron chi connectivity index (χ0n) is 24.8. The zero-order valence-corrected chi connectivity index (χ0v) is 24.8. The number of hydrogen-bond acceptors (Lipinski definition) is 4. The number of aliphatic hydroxyl groups is 1. The number of piperazine rings is 1. The molecule has 0 amide bonds. The molecule has 1 aliphatic rings. The minimum absolute atomic E-state index is 0.162. The Hall–Kier alpha value is -3.60. The largest absolute Gasteiger partial charge is 0.494 e. The summed E-state index contributed by atoms with van der Waals surface area (Å²) in [6, 6.07) is 35.5. The number of ether oxygens (including phenoxy) is 1. The first-order valence-corrected chi connectivity index (χ1v) is 15.1. The van der Waals surface area contributed by atoms with Crippen LogP contribution < -0.4 is 9.64 Å². The highest BCUT2D eigenvalue weighted by atomic mass is 16.5. The third-order valence-electron chi connectivity index (χ3n) is 8.50. The average molecular weight is 549 g/mol. The lowest BCUT2D eigenvalue weighted by atomic mass is 9.72. The number of nitrogens with zero attached hydrogens (tertiary/aromatic N) is 2. The fourth-order valence-electron chi connectivity index (χ4n) is 6.05. The third kappa shape index (κ3) is 6.66. The molecule has 4 aromatic carbocycles. The maximum absolute atomic E-state index is 12.9. The Morgan fingerprint density at radius 1 is 0.780 bits per heavy atom. The molecule has 0 bridgehead atoms. The van der Waals surface area contributed by atoms with Crippen molar-refractivity contribution in [3.8, 4) is 5.75 Å². The molecule has 0 radical (unpaired) electrons. The Kier molecular flexibility index (Phi) is 9.43. The molecule has 0 aromatic heterocycles. The van der Waals surface area contributed by atoms with E-state index in [0.29, 0.717) is 6.61 Å². The average Bonchev–Trinajstić information content (AvgIpc) is 3.02. The molecule has 4 nitrogen and oxygen atoms in total. The van der Waals surface area contributed by atoms with Crippen LogP contribution in [-0.4, -0.2) is 49.3 Å². The van der Waals surface area contributed by atoms with E-state index in [2.05, 4.69) is 85.2 Å². The molecule has 1 N–H and O–H groups in total. The molecule has 4 heteroatoms. The summed E-state index contributed by atoms with van der Waals surface area (Å²) in [7, 11) is 0. The molecule has 2 atom stereocenters. The second kappa shape index (κ2) is 13.4. The first kappa shape index (κ1) is 28.9. The van der Waals surface area contributed by atoms with Gasteiger partial charge in [0.05, 0.1) is 6.61 Å². The van der Waals surface area contributed by atoms with Crippen molar-refractivity contribution in [2.45, 2.75) is 45.1 Å². The van der Waals surface area contributed by atoms with Crippen LogP contribution in [0.4, 0.5) is 5.69 Å². The maximum Gasteiger partial charge on any atom is 0.123 e. The van der Waals surface area contributed by atoms with Gasteiger partial charge in [-0.2, -0.15) is 0 Å². The minimum atomic E-state index is -1.21. The van der Waals surface area contributed by atoms with Crippen molar-refractivity contribution in [3.05, 3.63) is 131 Å². The zero-order chi connectivity index (χ0) is 28.7. The van der Waals surface area contributed by atoms with Gasteiger partial charge in [0.25, 0.3) is 0 Å². The highest BCUT2D eigenvalue weighted by Gasteiger charge is 2.42. The Morgan fingerprint density at radius 3 is 2.07 bits per heavy atom. The second-order valence-electron chi connectivity index (χ2n) is 11.4. The topological polar surface area (TPSA) is 35.9 Å². The SMILES string of the molecule is CCCCOc1ccc(C(O)(c2ccccc2)C(CN2CCN(c3cc(C)ccc3C)CC2)c2ccccc2)cc1. The van der Waals surface area contributed by atoms with Gasteiger partial charge in [0, 0.05) is 44.3 Å². The molecule has 2 unspecified atom stereocenters. The highest BCUT2D eigenvalue weighted by molar-refractivity contribution is 5.55. The van der Waals surface area contributed by atoms with E-state index in [9.17, 15) is 5.11 Å². The highest BCUT2D eigenvalue weighted by Crippen LogP contribution is 2.43. The van der Waals surface area contributed by atoms with E-state index in [1.807, 2.05) is 48.5 Å². The van der Waals surface area contributed by atoms with E-state index < -0.39 is 5.60 Å². The van der Waals surface area contributed by atoms with Gasteiger partial charge >= 0.3 is 0 Å². The molecule has 1 saturated heterocycles. The van der Waals surface area contributed by atoms with Crippen molar-refractivity contribution in [1.82, 2.24) is 4.90 Å². The van der Waals surface area contributed by atoms with Crippen molar-refractivity contribution >= 4 is 5.69 Å². The number of unbranched alkanes of at least 4 members (excludes halogenated alkanes) is 1. The summed E-state index contributed by atoms with van der Waals surface area (Å²) >= 11 is 0. The van der Waals surface area contributed by atoms with Crippen molar-refractivity contribution in [1.29, 1.82) is 0 Å². The molecule has 214 valence electrons. The fourth-order valence-corrected chi connectivity index (χ4v) is 6.05. The Balaban J connectivity index is 1.45. The number of anilines is 1. The van der Waals surface area contributed by atoms with Crippen LogP contribution in [0.15, 0.2) is 103 Å². The van der Waals surface area contributed by atoms with Crippen LogP contribution in [0.3, 0.4) is 0 Å². The first-order valence-electron chi connectivity index (χ1n) is 15.1. The van der Waals surface area contributed by atoms with Gasteiger partial charge in [0.15, 0.2) is 0 Å². The lowest BCUT2D eigenvalue weighted by Crippen LogP contribution is -2.50. The lowest BCUT2D eigenvalue weighted by molar-refractivity contribution is 0.0328. The standard InChI is InChI=1S/C37H44N2O2/c1-4-5-26-41-34-20-18-33(19-21-34)37(40,32-14-10-7-11-15-32)35(31-12-8-6-9-13-31)28-38-22-24-39(25-23-38)36-27-29(2)16-17-30(36)3/h6-21,27,35,40H,4-5,22-26,28H2,1-3H3. The predicted molar refractivity (Wildman–Crippen MR) is 170 cm³/mol. The summed E-state index contributed by atoms with van der Waals surface area (Å²) in [5.41, 5.74) is 5.68. The Morgan fingerprint density at radius 2 is 1.41 bits per heavy atom. The molecule has 1 fully saturated rings. The summed E-state index contributed by atoms with van der Waals surface area (Å²) in [5.74, 6) is 0.682. The molecule has 41 heavy (non-hydrogen) atoms. The summed E-state index contributed by atoms with van der Waals surface area (Å²) in [6.45, 7) is 11.8. The van der Waals surface area contributed by atoms with Gasteiger partial charge in [-0.3, -0.25) is 4.90 Å². The van der Waals surface area contributed by atoms with Crippen LogP contribution in [-0.2, 0) is 5.60 Å². The lowest BCUT2D eigenvalue weighted by Gasteiger charge is -2.43. The number of hydrogen-bond donors (Lipinski definition) is 1. The summed E-state index contributed by atoms with van der Waals surface area (Å²) < 4.78 is 5.95. The molecule has 0 saturated carbocycles. The molecular formula is C37H44N2O2. The van der Waals surface area contributed by atoms with Gasteiger partial charge in [-0.15, -0.1) is 0 Å². The van der Waals surface area contributed by atoms with E-state index in [4.69, 9.17) is 4.74 Å². The Labute approximate surface area is 246 Å². The number of benzene rings is 4.